The molecule has 1 nitrogen and oxygen atoms in total. The van der Waals surface area contributed by atoms with Crippen LogP contribution < -0.4 is 0 Å². The van der Waals surface area contributed by atoms with Crippen molar-refractivity contribution in [2.24, 2.45) is 0 Å². The van der Waals surface area contributed by atoms with Crippen molar-refractivity contribution in [1.82, 2.24) is 4.98 Å². The summed E-state index contributed by atoms with van der Waals surface area (Å²) < 4.78 is 12.7. The molecule has 0 amide bonds. The lowest BCUT2D eigenvalue weighted by atomic mass is 10.1. The normalized spacial score (nSPS) is 16.8. The zero-order valence-corrected chi connectivity index (χ0v) is 7.02. The molecule has 0 spiro atoms. The van der Waals surface area contributed by atoms with Gasteiger partial charge in [0.25, 0.3) is 0 Å². The number of nitrogens with zero attached hydrogens (tertiary/aromatic N) is 1. The average Bonchev–Trinajstić information content (AvgIpc) is 2.28. The number of pyridine rings is 1. The summed E-state index contributed by atoms with van der Waals surface area (Å²) in [5, 5.41) is 0. The first-order valence-electron chi connectivity index (χ1n) is 4.50. The Balaban J connectivity index is 2.36. The van der Waals surface area contributed by atoms with Crippen LogP contribution in [0.2, 0.25) is 0 Å². The van der Waals surface area contributed by atoms with Gasteiger partial charge in [0.15, 0.2) is 0 Å². The van der Waals surface area contributed by atoms with Crippen molar-refractivity contribution in [2.45, 2.75) is 32.1 Å². The Morgan fingerprint density at radius 3 is 2.83 bits per heavy atom. The Morgan fingerprint density at radius 1 is 1.08 bits per heavy atom. The van der Waals surface area contributed by atoms with E-state index in [0.29, 0.717) is 0 Å². The quantitative estimate of drug-likeness (QED) is 0.425. The van der Waals surface area contributed by atoms with Gasteiger partial charge in [-0.05, 0) is 37.3 Å². The van der Waals surface area contributed by atoms with Gasteiger partial charge in [-0.2, -0.15) is 4.39 Å². The van der Waals surface area contributed by atoms with Crippen LogP contribution in [0.5, 0.6) is 0 Å². The minimum absolute atomic E-state index is 0.337. The number of fused-ring (bicyclic) bond motifs is 1. The topological polar surface area (TPSA) is 12.9 Å². The predicted molar refractivity (Wildman–Crippen MR) is 45.5 cm³/mol. The van der Waals surface area contributed by atoms with Crippen LogP contribution in [0.15, 0.2) is 12.1 Å². The largest absolute Gasteiger partial charge is 0.225 e. The Hall–Kier alpha value is -0.920. The number of hydrogen-bond donors (Lipinski definition) is 0. The first kappa shape index (κ1) is 7.71. The smallest absolute Gasteiger partial charge is 0.213 e. The first-order valence-corrected chi connectivity index (χ1v) is 4.50. The second-order valence-corrected chi connectivity index (χ2v) is 3.30. The molecule has 0 aromatic carbocycles. The van der Waals surface area contributed by atoms with Gasteiger partial charge in [0.05, 0.1) is 0 Å². The maximum atomic E-state index is 12.7. The molecular weight excluding hydrogens is 153 g/mol. The average molecular weight is 165 g/mol. The first-order chi connectivity index (χ1) is 5.86. The minimum Gasteiger partial charge on any atom is -0.225 e. The van der Waals surface area contributed by atoms with Crippen molar-refractivity contribution in [3.63, 3.8) is 0 Å². The highest BCUT2D eigenvalue weighted by Gasteiger charge is 2.09. The molecule has 0 saturated carbocycles. The van der Waals surface area contributed by atoms with Crippen LogP contribution in [0, 0.1) is 5.95 Å². The monoisotopic (exact) mass is 165 g/mol. The number of aryl methyl sites for hydroxylation is 2. The zero-order valence-electron chi connectivity index (χ0n) is 7.02. The highest BCUT2D eigenvalue weighted by Crippen LogP contribution is 2.18. The Morgan fingerprint density at radius 2 is 1.92 bits per heavy atom. The lowest BCUT2D eigenvalue weighted by Crippen LogP contribution is -1.96. The number of rotatable bonds is 0. The van der Waals surface area contributed by atoms with Crippen LogP contribution >= 0.6 is 0 Å². The molecule has 2 heteroatoms. The third-order valence-electron chi connectivity index (χ3n) is 2.39. The summed E-state index contributed by atoms with van der Waals surface area (Å²) in [4.78, 5) is 3.91. The van der Waals surface area contributed by atoms with Crippen LogP contribution in [-0.2, 0) is 12.8 Å². The fourth-order valence-electron chi connectivity index (χ4n) is 1.73. The minimum atomic E-state index is -0.337. The Bertz CT molecular complexity index is 283. The van der Waals surface area contributed by atoms with Gasteiger partial charge in [-0.15, -0.1) is 0 Å². The van der Waals surface area contributed by atoms with Crippen LogP contribution in [0.25, 0.3) is 0 Å². The van der Waals surface area contributed by atoms with Crippen LogP contribution in [0.3, 0.4) is 0 Å². The van der Waals surface area contributed by atoms with E-state index in [1.54, 1.807) is 0 Å². The molecule has 1 aromatic rings. The fourth-order valence-corrected chi connectivity index (χ4v) is 1.73. The number of halogens is 1. The highest BCUT2D eigenvalue weighted by atomic mass is 19.1. The molecule has 2 rings (SSSR count). The Kier molecular flexibility index (Phi) is 2.07. The summed E-state index contributed by atoms with van der Waals surface area (Å²) >= 11 is 0. The van der Waals surface area contributed by atoms with Crippen molar-refractivity contribution in [2.75, 3.05) is 0 Å². The van der Waals surface area contributed by atoms with E-state index in [1.165, 1.54) is 24.5 Å². The maximum Gasteiger partial charge on any atom is 0.213 e. The maximum absolute atomic E-state index is 12.7. The van der Waals surface area contributed by atoms with Crippen LogP contribution in [0.4, 0.5) is 4.39 Å². The number of aromatic nitrogens is 1. The van der Waals surface area contributed by atoms with Crippen LogP contribution in [-0.4, -0.2) is 4.98 Å². The molecule has 1 heterocycles. The van der Waals surface area contributed by atoms with Gasteiger partial charge < -0.3 is 0 Å². The summed E-state index contributed by atoms with van der Waals surface area (Å²) in [7, 11) is 0. The summed E-state index contributed by atoms with van der Waals surface area (Å²) in [5.41, 5.74) is 2.22. The van der Waals surface area contributed by atoms with E-state index in [9.17, 15) is 4.39 Å². The van der Waals surface area contributed by atoms with E-state index in [2.05, 4.69) is 4.98 Å². The lowest BCUT2D eigenvalue weighted by Gasteiger charge is -2.02. The second kappa shape index (κ2) is 3.21. The number of hydrogen-bond acceptors (Lipinski definition) is 1. The lowest BCUT2D eigenvalue weighted by molar-refractivity contribution is 0.574. The standard InChI is InChI=1S/C10H12FN/c11-10-7-6-8-4-2-1-3-5-9(8)12-10/h6-7H,1-5H2. The molecule has 0 bridgehead atoms. The van der Waals surface area contributed by atoms with Crippen molar-refractivity contribution in [1.29, 1.82) is 0 Å². The zero-order chi connectivity index (χ0) is 8.39. The molecular formula is C10H12FN. The van der Waals surface area contributed by atoms with Gasteiger partial charge >= 0.3 is 0 Å². The molecule has 1 aliphatic carbocycles. The molecule has 0 atom stereocenters. The molecule has 12 heavy (non-hydrogen) atoms. The molecule has 0 saturated heterocycles. The van der Waals surface area contributed by atoms with E-state index in [1.807, 2.05) is 6.07 Å². The Labute approximate surface area is 71.6 Å². The van der Waals surface area contributed by atoms with Gasteiger partial charge in [0.2, 0.25) is 5.95 Å². The van der Waals surface area contributed by atoms with E-state index >= 15 is 0 Å². The van der Waals surface area contributed by atoms with Crippen molar-refractivity contribution in [3.8, 4) is 0 Å². The van der Waals surface area contributed by atoms with Crippen molar-refractivity contribution < 1.29 is 4.39 Å². The predicted octanol–water partition coefficient (Wildman–Crippen LogP) is 2.49. The molecule has 0 fully saturated rings. The second-order valence-electron chi connectivity index (χ2n) is 3.30. The molecule has 0 radical (unpaired) electrons. The summed E-state index contributed by atoms with van der Waals surface area (Å²) in [6.45, 7) is 0. The van der Waals surface area contributed by atoms with E-state index in [-0.39, 0.29) is 5.95 Å². The molecule has 64 valence electrons. The van der Waals surface area contributed by atoms with Crippen molar-refractivity contribution >= 4 is 0 Å². The summed E-state index contributed by atoms with van der Waals surface area (Å²) in [6.07, 6.45) is 5.65. The van der Waals surface area contributed by atoms with Crippen LogP contribution in [0.1, 0.15) is 30.5 Å². The van der Waals surface area contributed by atoms with E-state index < -0.39 is 0 Å². The summed E-state index contributed by atoms with van der Waals surface area (Å²) in [6, 6.07) is 3.34. The molecule has 1 aliphatic rings. The van der Waals surface area contributed by atoms with Crippen molar-refractivity contribution in [3.05, 3.63) is 29.3 Å². The molecule has 0 N–H and O–H groups in total. The molecule has 0 aliphatic heterocycles. The summed E-state index contributed by atoms with van der Waals surface area (Å²) in [5.74, 6) is -0.337. The highest BCUT2D eigenvalue weighted by molar-refractivity contribution is 5.21. The van der Waals surface area contributed by atoms with E-state index in [0.717, 1.165) is 25.0 Å². The van der Waals surface area contributed by atoms with Gasteiger partial charge in [-0.1, -0.05) is 12.5 Å². The third-order valence-corrected chi connectivity index (χ3v) is 2.39. The van der Waals surface area contributed by atoms with Gasteiger partial charge in [0, 0.05) is 5.69 Å². The van der Waals surface area contributed by atoms with Gasteiger partial charge in [0.1, 0.15) is 0 Å². The van der Waals surface area contributed by atoms with E-state index in [4.69, 9.17) is 0 Å². The third kappa shape index (κ3) is 1.47. The van der Waals surface area contributed by atoms with Gasteiger partial charge in [-0.3, -0.25) is 0 Å². The molecule has 0 unspecified atom stereocenters. The fraction of sp³-hybridized carbons (Fsp3) is 0.500. The molecule has 1 aromatic heterocycles. The SMILES string of the molecule is Fc1ccc2c(n1)CCCCC2. The van der Waals surface area contributed by atoms with Gasteiger partial charge in [-0.25, -0.2) is 4.98 Å².